The number of fused-ring (bicyclic) bond motifs is 1. The van der Waals surface area contributed by atoms with Gasteiger partial charge in [0.15, 0.2) is 0 Å². The minimum absolute atomic E-state index is 0.240. The molecule has 0 saturated carbocycles. The Bertz CT molecular complexity index is 1460. The Morgan fingerprint density at radius 3 is 2.37 bits per heavy atom. The molecule has 38 heavy (non-hydrogen) atoms. The Hall–Kier alpha value is -4.14. The largest absolute Gasteiger partial charge is 0.345 e. The molecule has 9 heteroatoms. The molecular weight excluding hydrogens is 493 g/mol. The summed E-state index contributed by atoms with van der Waals surface area (Å²) in [5.41, 5.74) is 2.91. The first-order valence-corrected chi connectivity index (χ1v) is 12.5. The third kappa shape index (κ3) is 4.76. The highest BCUT2D eigenvalue weighted by Gasteiger charge is 2.50. The van der Waals surface area contributed by atoms with E-state index in [0.717, 1.165) is 16.5 Å². The van der Waals surface area contributed by atoms with Crippen LogP contribution in [-0.2, 0) is 16.0 Å². The van der Waals surface area contributed by atoms with E-state index in [0.29, 0.717) is 31.1 Å². The fourth-order valence-corrected chi connectivity index (χ4v) is 5.20. The molecule has 3 aromatic carbocycles. The highest BCUT2D eigenvalue weighted by atomic mass is 19.3. The second-order valence-corrected chi connectivity index (χ2v) is 9.64. The van der Waals surface area contributed by atoms with Crippen molar-refractivity contribution >= 4 is 28.4 Å². The fraction of sp³-hybridized carbons (Fsp3) is 0.276. The van der Waals surface area contributed by atoms with Gasteiger partial charge in [-0.2, -0.15) is 13.9 Å². The number of alkyl halides is 2. The van der Waals surface area contributed by atoms with Crippen molar-refractivity contribution in [2.45, 2.75) is 44.7 Å². The zero-order chi connectivity index (χ0) is 27.0. The van der Waals surface area contributed by atoms with Crippen LogP contribution in [-0.4, -0.2) is 39.6 Å². The molecule has 1 aliphatic heterocycles. The van der Waals surface area contributed by atoms with Crippen LogP contribution >= 0.6 is 0 Å². The smallest absolute Gasteiger partial charge is 0.321 e. The zero-order valence-corrected chi connectivity index (χ0v) is 20.9. The molecule has 6 nitrogen and oxygen atoms in total. The van der Waals surface area contributed by atoms with Crippen LogP contribution in [0.5, 0.6) is 0 Å². The molecule has 1 N–H and O–H groups in total. The van der Waals surface area contributed by atoms with Crippen LogP contribution in [0.15, 0.2) is 79.0 Å². The molecule has 0 spiro atoms. The lowest BCUT2D eigenvalue weighted by atomic mass is 9.90. The van der Waals surface area contributed by atoms with Gasteiger partial charge in [0.2, 0.25) is 5.91 Å². The number of hydrogen-bond donors (Lipinski definition) is 1. The summed E-state index contributed by atoms with van der Waals surface area (Å²) in [5.74, 6) is -6.27. The van der Waals surface area contributed by atoms with E-state index in [-0.39, 0.29) is 11.7 Å². The SMILES string of the molecule is CC[C@@H]1[C@@H](NC(=O)C(C)(F)F)[C@H](Cc2ccccc2)C(=O)N1c1ccc2c(cnn2-c2ccc(F)cc2)c1. The third-order valence-electron chi connectivity index (χ3n) is 7.05. The Kier molecular flexibility index (Phi) is 6.69. The summed E-state index contributed by atoms with van der Waals surface area (Å²) in [7, 11) is 0. The van der Waals surface area contributed by atoms with Crippen molar-refractivity contribution in [2.24, 2.45) is 5.92 Å². The lowest BCUT2D eigenvalue weighted by Crippen LogP contribution is -2.51. The monoisotopic (exact) mass is 520 g/mol. The predicted octanol–water partition coefficient (Wildman–Crippen LogP) is 5.29. The van der Waals surface area contributed by atoms with E-state index in [1.54, 1.807) is 34.0 Å². The van der Waals surface area contributed by atoms with Gasteiger partial charge >= 0.3 is 5.92 Å². The van der Waals surface area contributed by atoms with E-state index >= 15 is 0 Å². The molecule has 1 fully saturated rings. The van der Waals surface area contributed by atoms with Crippen LogP contribution in [0.1, 0.15) is 25.8 Å². The van der Waals surface area contributed by atoms with Crippen molar-refractivity contribution in [2.75, 3.05) is 4.90 Å². The van der Waals surface area contributed by atoms with E-state index in [9.17, 15) is 22.8 Å². The van der Waals surface area contributed by atoms with Crippen LogP contribution < -0.4 is 10.2 Å². The van der Waals surface area contributed by atoms with Crippen molar-refractivity contribution in [1.29, 1.82) is 0 Å². The first-order valence-electron chi connectivity index (χ1n) is 12.5. The molecule has 2 amide bonds. The average molecular weight is 521 g/mol. The van der Waals surface area contributed by atoms with Gasteiger partial charge in [0.1, 0.15) is 5.82 Å². The van der Waals surface area contributed by atoms with Crippen LogP contribution in [0.2, 0.25) is 0 Å². The normalized spacial score (nSPS) is 19.8. The minimum Gasteiger partial charge on any atom is -0.345 e. The van der Waals surface area contributed by atoms with E-state index < -0.39 is 29.8 Å². The van der Waals surface area contributed by atoms with Crippen molar-refractivity contribution in [3.8, 4) is 5.69 Å². The molecule has 196 valence electrons. The van der Waals surface area contributed by atoms with E-state index in [1.165, 1.54) is 12.1 Å². The number of halogens is 3. The van der Waals surface area contributed by atoms with Gasteiger partial charge in [-0.15, -0.1) is 0 Å². The Morgan fingerprint density at radius 2 is 1.71 bits per heavy atom. The van der Waals surface area contributed by atoms with Crippen LogP contribution in [0.4, 0.5) is 18.9 Å². The van der Waals surface area contributed by atoms with Gasteiger partial charge in [-0.1, -0.05) is 37.3 Å². The summed E-state index contributed by atoms with van der Waals surface area (Å²) in [5, 5.41) is 7.66. The minimum atomic E-state index is -3.57. The number of nitrogens with one attached hydrogen (secondary N) is 1. The number of rotatable bonds is 7. The van der Waals surface area contributed by atoms with E-state index in [4.69, 9.17) is 0 Å². The molecule has 5 rings (SSSR count). The number of nitrogens with zero attached hydrogens (tertiary/aromatic N) is 3. The standard InChI is InChI=1S/C29H27F3N4O2/c1-3-24-26(34-28(38)29(2,31)32)23(15-18-7-5-4-6-8-18)27(37)35(24)22-13-14-25-19(16-22)17-33-36(25)21-11-9-20(30)10-12-21/h4-14,16-17,23-24,26H,3,15H2,1-2H3,(H,34,38)/t23-,24+,26-/m0/s1. The van der Waals surface area contributed by atoms with Gasteiger partial charge in [-0.05, 0) is 60.9 Å². The molecule has 1 saturated heterocycles. The quantitative estimate of drug-likeness (QED) is 0.360. The third-order valence-corrected chi connectivity index (χ3v) is 7.05. The topological polar surface area (TPSA) is 67.2 Å². The van der Waals surface area contributed by atoms with E-state index in [2.05, 4.69) is 10.4 Å². The Balaban J connectivity index is 1.52. The lowest BCUT2D eigenvalue weighted by molar-refractivity contribution is -0.144. The highest BCUT2D eigenvalue weighted by Crippen LogP contribution is 2.36. The number of benzene rings is 3. The predicted molar refractivity (Wildman–Crippen MR) is 139 cm³/mol. The van der Waals surface area contributed by atoms with Gasteiger partial charge in [0, 0.05) is 18.0 Å². The number of anilines is 1. The molecule has 0 aliphatic carbocycles. The summed E-state index contributed by atoms with van der Waals surface area (Å²) < 4.78 is 42.8. The van der Waals surface area contributed by atoms with Gasteiger partial charge in [0.25, 0.3) is 5.91 Å². The second-order valence-electron chi connectivity index (χ2n) is 9.64. The highest BCUT2D eigenvalue weighted by molar-refractivity contribution is 6.01. The maximum absolute atomic E-state index is 13.9. The summed E-state index contributed by atoms with van der Waals surface area (Å²) in [6, 6.07) is 19.4. The Morgan fingerprint density at radius 1 is 1.03 bits per heavy atom. The first-order chi connectivity index (χ1) is 18.2. The summed E-state index contributed by atoms with van der Waals surface area (Å²) in [6.07, 6.45) is 2.41. The van der Waals surface area contributed by atoms with Gasteiger partial charge in [0.05, 0.1) is 35.4 Å². The number of carbonyl (C=O) groups excluding carboxylic acids is 2. The van der Waals surface area contributed by atoms with Crippen molar-refractivity contribution in [1.82, 2.24) is 15.1 Å². The maximum atomic E-state index is 13.9. The Labute approximate surface area is 218 Å². The van der Waals surface area contributed by atoms with Crippen LogP contribution in [0.3, 0.4) is 0 Å². The van der Waals surface area contributed by atoms with Crippen LogP contribution in [0.25, 0.3) is 16.6 Å². The molecule has 0 bridgehead atoms. The average Bonchev–Trinajstić information content (AvgIpc) is 3.43. The molecular formula is C29H27F3N4O2. The summed E-state index contributed by atoms with van der Waals surface area (Å²) in [6.45, 7) is 2.42. The number of amides is 2. The lowest BCUT2D eigenvalue weighted by Gasteiger charge is -2.29. The first kappa shape index (κ1) is 25.5. The fourth-order valence-electron chi connectivity index (χ4n) is 5.20. The maximum Gasteiger partial charge on any atom is 0.321 e. The molecule has 1 aliphatic rings. The molecule has 0 unspecified atom stereocenters. The van der Waals surface area contributed by atoms with Gasteiger partial charge in [-0.25, -0.2) is 9.07 Å². The van der Waals surface area contributed by atoms with Gasteiger partial charge < -0.3 is 10.2 Å². The molecule has 1 aromatic heterocycles. The number of hydrogen-bond acceptors (Lipinski definition) is 3. The number of aromatic nitrogens is 2. The van der Waals surface area contributed by atoms with Gasteiger partial charge in [-0.3, -0.25) is 9.59 Å². The van der Waals surface area contributed by atoms with Crippen molar-refractivity contribution < 1.29 is 22.8 Å². The van der Waals surface area contributed by atoms with Crippen molar-refractivity contribution in [3.05, 3.63) is 90.4 Å². The van der Waals surface area contributed by atoms with Crippen LogP contribution in [0, 0.1) is 11.7 Å². The second kappa shape index (κ2) is 9.96. The zero-order valence-electron chi connectivity index (χ0n) is 20.9. The number of carbonyl (C=O) groups is 2. The molecule has 3 atom stereocenters. The van der Waals surface area contributed by atoms with E-state index in [1.807, 2.05) is 49.4 Å². The summed E-state index contributed by atoms with van der Waals surface area (Å²) >= 11 is 0. The molecule has 4 aromatic rings. The molecule has 2 heterocycles. The van der Waals surface area contributed by atoms with Crippen molar-refractivity contribution in [3.63, 3.8) is 0 Å². The molecule has 0 radical (unpaired) electrons. The summed E-state index contributed by atoms with van der Waals surface area (Å²) in [4.78, 5) is 27.8.